The zero-order valence-corrected chi connectivity index (χ0v) is 10.6. The quantitative estimate of drug-likeness (QED) is 0.872. The Labute approximate surface area is 102 Å². The third kappa shape index (κ3) is 3.09. The second-order valence-electron chi connectivity index (χ2n) is 4.64. The first kappa shape index (κ1) is 12.2. The van der Waals surface area contributed by atoms with Crippen molar-refractivity contribution in [1.82, 2.24) is 4.98 Å². The molecule has 1 saturated heterocycles. The second-order valence-corrected chi connectivity index (χ2v) is 4.64. The zero-order valence-electron chi connectivity index (χ0n) is 10.6. The fourth-order valence-corrected chi connectivity index (χ4v) is 1.94. The molecule has 0 aromatic carbocycles. The molecule has 0 spiro atoms. The van der Waals surface area contributed by atoms with Gasteiger partial charge in [-0.1, -0.05) is 0 Å². The maximum absolute atomic E-state index is 5.68. The van der Waals surface area contributed by atoms with Crippen molar-refractivity contribution in [2.75, 3.05) is 11.9 Å². The highest BCUT2D eigenvalue weighted by Crippen LogP contribution is 2.25. The average Bonchev–Trinajstić information content (AvgIpc) is 2.67. The van der Waals surface area contributed by atoms with E-state index in [1.54, 1.807) is 6.20 Å². The standard InChI is InChI=1S/C13H20N2O2/c1-9(2)17-13-12(5-4-7-14-13)15-11-6-8-16-10(11)3/h4-5,7,9-11,15H,6,8H2,1-3H3. The summed E-state index contributed by atoms with van der Waals surface area (Å²) in [7, 11) is 0. The third-order valence-electron chi connectivity index (χ3n) is 2.84. The maximum atomic E-state index is 5.68. The fraction of sp³-hybridized carbons (Fsp3) is 0.615. The van der Waals surface area contributed by atoms with Gasteiger partial charge in [0.05, 0.1) is 23.9 Å². The van der Waals surface area contributed by atoms with E-state index in [4.69, 9.17) is 9.47 Å². The van der Waals surface area contributed by atoms with Gasteiger partial charge in [0.1, 0.15) is 0 Å². The minimum Gasteiger partial charge on any atom is -0.473 e. The first-order valence-electron chi connectivity index (χ1n) is 6.16. The van der Waals surface area contributed by atoms with Gasteiger partial charge < -0.3 is 14.8 Å². The number of hydrogen-bond donors (Lipinski definition) is 1. The number of aromatic nitrogens is 1. The van der Waals surface area contributed by atoms with Gasteiger partial charge in [0, 0.05) is 12.8 Å². The molecule has 0 aliphatic carbocycles. The van der Waals surface area contributed by atoms with Crippen LogP contribution in [0.25, 0.3) is 0 Å². The van der Waals surface area contributed by atoms with Gasteiger partial charge >= 0.3 is 0 Å². The summed E-state index contributed by atoms with van der Waals surface area (Å²) in [6, 6.07) is 4.25. The molecule has 1 aromatic heterocycles. The molecular formula is C13H20N2O2. The summed E-state index contributed by atoms with van der Waals surface area (Å²) in [4.78, 5) is 4.26. The molecular weight excluding hydrogens is 216 g/mol. The normalized spacial score (nSPS) is 24.0. The molecule has 0 bridgehead atoms. The van der Waals surface area contributed by atoms with Gasteiger partial charge in [0.15, 0.2) is 0 Å². The van der Waals surface area contributed by atoms with Crippen LogP contribution >= 0.6 is 0 Å². The summed E-state index contributed by atoms with van der Waals surface area (Å²) in [5, 5.41) is 3.45. The van der Waals surface area contributed by atoms with Crippen molar-refractivity contribution < 1.29 is 9.47 Å². The number of rotatable bonds is 4. The van der Waals surface area contributed by atoms with E-state index >= 15 is 0 Å². The predicted molar refractivity (Wildman–Crippen MR) is 67.4 cm³/mol. The molecule has 0 saturated carbocycles. The van der Waals surface area contributed by atoms with Gasteiger partial charge in [0.25, 0.3) is 0 Å². The fourth-order valence-electron chi connectivity index (χ4n) is 1.94. The summed E-state index contributed by atoms with van der Waals surface area (Å²) >= 11 is 0. The van der Waals surface area contributed by atoms with Crippen LogP contribution in [-0.2, 0) is 4.74 Å². The number of anilines is 1. The Morgan fingerprint density at radius 3 is 3.00 bits per heavy atom. The molecule has 1 N–H and O–H groups in total. The number of hydrogen-bond acceptors (Lipinski definition) is 4. The summed E-state index contributed by atoms with van der Waals surface area (Å²) in [5.41, 5.74) is 0.948. The maximum Gasteiger partial charge on any atom is 0.237 e. The Balaban J connectivity index is 2.09. The van der Waals surface area contributed by atoms with Crippen molar-refractivity contribution in [1.29, 1.82) is 0 Å². The lowest BCUT2D eigenvalue weighted by Crippen LogP contribution is -2.27. The van der Waals surface area contributed by atoms with Gasteiger partial charge in [-0.2, -0.15) is 0 Å². The highest BCUT2D eigenvalue weighted by molar-refractivity contribution is 5.53. The van der Waals surface area contributed by atoms with Crippen LogP contribution in [0.2, 0.25) is 0 Å². The first-order valence-corrected chi connectivity index (χ1v) is 6.16. The van der Waals surface area contributed by atoms with E-state index in [2.05, 4.69) is 17.2 Å². The van der Waals surface area contributed by atoms with Crippen LogP contribution in [-0.4, -0.2) is 29.8 Å². The summed E-state index contributed by atoms with van der Waals surface area (Å²) in [6.07, 6.45) is 3.14. The van der Waals surface area contributed by atoms with Crippen molar-refractivity contribution in [3.63, 3.8) is 0 Å². The highest BCUT2D eigenvalue weighted by atomic mass is 16.5. The van der Waals surface area contributed by atoms with Crippen molar-refractivity contribution in [2.45, 2.75) is 45.4 Å². The van der Waals surface area contributed by atoms with Gasteiger partial charge in [-0.25, -0.2) is 4.98 Å². The van der Waals surface area contributed by atoms with Crippen LogP contribution < -0.4 is 10.1 Å². The summed E-state index contributed by atoms with van der Waals surface area (Å²) < 4.78 is 11.2. The lowest BCUT2D eigenvalue weighted by molar-refractivity contribution is 0.121. The van der Waals surface area contributed by atoms with E-state index in [1.165, 1.54) is 0 Å². The summed E-state index contributed by atoms with van der Waals surface area (Å²) in [5.74, 6) is 0.668. The van der Waals surface area contributed by atoms with Crippen LogP contribution in [0.3, 0.4) is 0 Å². The van der Waals surface area contributed by atoms with Crippen molar-refractivity contribution in [3.8, 4) is 5.88 Å². The van der Waals surface area contributed by atoms with E-state index < -0.39 is 0 Å². The Morgan fingerprint density at radius 2 is 2.35 bits per heavy atom. The Bertz CT molecular complexity index is 368. The number of ether oxygens (including phenoxy) is 2. The van der Waals surface area contributed by atoms with E-state index in [0.717, 1.165) is 18.7 Å². The molecule has 2 atom stereocenters. The minimum absolute atomic E-state index is 0.128. The molecule has 2 rings (SSSR count). The molecule has 1 aliphatic rings. The van der Waals surface area contributed by atoms with E-state index in [-0.39, 0.29) is 12.2 Å². The Kier molecular flexibility index (Phi) is 3.84. The molecule has 4 nitrogen and oxygen atoms in total. The van der Waals surface area contributed by atoms with Crippen LogP contribution in [0.4, 0.5) is 5.69 Å². The predicted octanol–water partition coefficient (Wildman–Crippen LogP) is 2.46. The van der Waals surface area contributed by atoms with Crippen LogP contribution in [0, 0.1) is 0 Å². The molecule has 2 heterocycles. The van der Waals surface area contributed by atoms with Crippen LogP contribution in [0.5, 0.6) is 5.88 Å². The number of pyridine rings is 1. The molecule has 1 aromatic rings. The third-order valence-corrected chi connectivity index (χ3v) is 2.84. The van der Waals surface area contributed by atoms with Crippen molar-refractivity contribution in [3.05, 3.63) is 18.3 Å². The zero-order chi connectivity index (χ0) is 12.3. The molecule has 1 aliphatic heterocycles. The van der Waals surface area contributed by atoms with Crippen LogP contribution in [0.1, 0.15) is 27.2 Å². The first-order chi connectivity index (χ1) is 8.16. The molecule has 4 heteroatoms. The van der Waals surface area contributed by atoms with Gasteiger partial charge in [0.2, 0.25) is 5.88 Å². The van der Waals surface area contributed by atoms with Gasteiger partial charge in [-0.3, -0.25) is 0 Å². The molecule has 0 radical (unpaired) electrons. The Morgan fingerprint density at radius 1 is 1.53 bits per heavy atom. The molecule has 2 unspecified atom stereocenters. The summed E-state index contributed by atoms with van der Waals surface area (Å²) in [6.45, 7) is 6.91. The monoisotopic (exact) mass is 236 g/mol. The smallest absolute Gasteiger partial charge is 0.237 e. The number of nitrogens with one attached hydrogen (secondary N) is 1. The molecule has 0 amide bonds. The van der Waals surface area contributed by atoms with E-state index in [9.17, 15) is 0 Å². The Hall–Kier alpha value is -1.29. The van der Waals surface area contributed by atoms with E-state index in [1.807, 2.05) is 26.0 Å². The number of nitrogens with zero attached hydrogens (tertiary/aromatic N) is 1. The van der Waals surface area contributed by atoms with Gasteiger partial charge in [-0.05, 0) is 39.3 Å². The largest absolute Gasteiger partial charge is 0.473 e. The minimum atomic E-state index is 0.128. The van der Waals surface area contributed by atoms with Gasteiger partial charge in [-0.15, -0.1) is 0 Å². The average molecular weight is 236 g/mol. The topological polar surface area (TPSA) is 43.4 Å². The molecule has 94 valence electrons. The van der Waals surface area contributed by atoms with Crippen molar-refractivity contribution in [2.24, 2.45) is 0 Å². The molecule has 17 heavy (non-hydrogen) atoms. The molecule has 1 fully saturated rings. The lowest BCUT2D eigenvalue weighted by Gasteiger charge is -2.20. The SMILES string of the molecule is CC(C)Oc1ncccc1NC1CCOC1C. The van der Waals surface area contributed by atoms with Crippen LogP contribution in [0.15, 0.2) is 18.3 Å². The lowest BCUT2D eigenvalue weighted by atomic mass is 10.1. The second kappa shape index (κ2) is 5.36. The van der Waals surface area contributed by atoms with Crippen molar-refractivity contribution >= 4 is 5.69 Å². The highest BCUT2D eigenvalue weighted by Gasteiger charge is 2.25. The van der Waals surface area contributed by atoms with E-state index in [0.29, 0.717) is 11.9 Å².